The summed E-state index contributed by atoms with van der Waals surface area (Å²) >= 11 is 0. The molecule has 1 amide bonds. The first-order valence-corrected chi connectivity index (χ1v) is 14.9. The van der Waals surface area contributed by atoms with Crippen LogP contribution in [0.1, 0.15) is 99.3 Å². The quantitative estimate of drug-likeness (QED) is 0.516. The number of morpholine rings is 1. The van der Waals surface area contributed by atoms with Gasteiger partial charge in [-0.25, -0.2) is 5.01 Å². The Kier molecular flexibility index (Phi) is 6.84. The van der Waals surface area contributed by atoms with Crippen LogP contribution in [0.3, 0.4) is 0 Å². The molecular weight excluding hydrogens is 474 g/mol. The van der Waals surface area contributed by atoms with Gasteiger partial charge in [0, 0.05) is 47.6 Å². The lowest BCUT2D eigenvalue weighted by Gasteiger charge is -2.33. The van der Waals surface area contributed by atoms with Crippen LogP contribution in [0.4, 0.5) is 0 Å². The van der Waals surface area contributed by atoms with Crippen molar-refractivity contribution < 1.29 is 14.3 Å². The van der Waals surface area contributed by atoms with E-state index in [1.807, 2.05) is 5.01 Å². The third-order valence-electron chi connectivity index (χ3n) is 9.49. The number of rotatable bonds is 5. The summed E-state index contributed by atoms with van der Waals surface area (Å²) in [6, 6.07) is 6.92. The molecule has 2 saturated carbocycles. The van der Waals surface area contributed by atoms with E-state index in [-0.39, 0.29) is 16.7 Å². The maximum absolute atomic E-state index is 13.6. The number of benzene rings is 1. The summed E-state index contributed by atoms with van der Waals surface area (Å²) in [7, 11) is 0. The molecule has 0 unspecified atom stereocenters. The molecule has 2 aliphatic carbocycles. The number of ether oxygens (including phenoxy) is 2. The van der Waals surface area contributed by atoms with E-state index in [0.717, 1.165) is 49.7 Å². The molecule has 6 rings (SSSR count). The SMILES string of the molecule is Cc1c(C(=O)NN2CCOCC2)cc(-c2cc(C(C)(C)C)c3c(c2)C2(CCO3)CC2)n1CC1CCCCC1. The molecule has 0 atom stereocenters. The molecule has 2 aromatic rings. The van der Waals surface area contributed by atoms with E-state index in [0.29, 0.717) is 19.1 Å². The zero-order chi connectivity index (χ0) is 26.5. The maximum Gasteiger partial charge on any atom is 0.267 e. The number of amides is 1. The van der Waals surface area contributed by atoms with Gasteiger partial charge in [0.1, 0.15) is 5.75 Å². The molecule has 1 aromatic carbocycles. The molecule has 1 spiro atoms. The summed E-state index contributed by atoms with van der Waals surface area (Å²) in [6.45, 7) is 13.6. The van der Waals surface area contributed by atoms with Crippen molar-refractivity contribution in [3.63, 3.8) is 0 Å². The lowest BCUT2D eigenvalue weighted by molar-refractivity contribution is 0.0126. The third kappa shape index (κ3) is 4.90. The second-order valence-corrected chi connectivity index (χ2v) is 13.2. The van der Waals surface area contributed by atoms with Gasteiger partial charge in [-0.2, -0.15) is 0 Å². The number of carbonyl (C=O) groups is 1. The van der Waals surface area contributed by atoms with Crippen molar-refractivity contribution in [3.05, 3.63) is 40.6 Å². The molecule has 2 aliphatic heterocycles. The lowest BCUT2D eigenvalue weighted by atomic mass is 9.79. The van der Waals surface area contributed by atoms with Gasteiger partial charge in [-0.3, -0.25) is 10.2 Å². The second kappa shape index (κ2) is 10.0. The highest BCUT2D eigenvalue weighted by atomic mass is 16.5. The van der Waals surface area contributed by atoms with Gasteiger partial charge in [0.25, 0.3) is 5.91 Å². The van der Waals surface area contributed by atoms with Crippen LogP contribution >= 0.6 is 0 Å². The van der Waals surface area contributed by atoms with Crippen LogP contribution in [-0.2, 0) is 22.1 Å². The predicted molar refractivity (Wildman–Crippen MR) is 151 cm³/mol. The fourth-order valence-corrected chi connectivity index (χ4v) is 6.89. The zero-order valence-corrected chi connectivity index (χ0v) is 23.8. The van der Waals surface area contributed by atoms with Gasteiger partial charge in [0.05, 0.1) is 25.4 Å². The van der Waals surface area contributed by atoms with Crippen molar-refractivity contribution >= 4 is 5.91 Å². The second-order valence-electron chi connectivity index (χ2n) is 13.2. The summed E-state index contributed by atoms with van der Waals surface area (Å²) in [6.07, 6.45) is 10.2. The highest BCUT2D eigenvalue weighted by molar-refractivity contribution is 5.96. The molecule has 6 heteroatoms. The Hall–Kier alpha value is -2.31. The fraction of sp³-hybridized carbons (Fsp3) is 0.656. The van der Waals surface area contributed by atoms with Crippen LogP contribution in [0.5, 0.6) is 5.75 Å². The molecule has 0 bridgehead atoms. The van der Waals surface area contributed by atoms with Crippen LogP contribution in [-0.4, -0.2) is 48.4 Å². The molecule has 4 aliphatic rings. The fourth-order valence-electron chi connectivity index (χ4n) is 6.89. The molecule has 1 aromatic heterocycles. The number of fused-ring (bicyclic) bond motifs is 2. The number of hydrogen-bond donors (Lipinski definition) is 1. The van der Waals surface area contributed by atoms with Crippen molar-refractivity contribution in [2.24, 2.45) is 5.92 Å². The van der Waals surface area contributed by atoms with E-state index in [4.69, 9.17) is 9.47 Å². The van der Waals surface area contributed by atoms with Gasteiger partial charge in [-0.05, 0) is 74.1 Å². The smallest absolute Gasteiger partial charge is 0.267 e. The molecule has 3 fully saturated rings. The van der Waals surface area contributed by atoms with Crippen LogP contribution in [0.25, 0.3) is 11.3 Å². The Labute approximate surface area is 228 Å². The van der Waals surface area contributed by atoms with Crippen LogP contribution in [0.2, 0.25) is 0 Å². The predicted octanol–water partition coefficient (Wildman–Crippen LogP) is 6.13. The molecule has 206 valence electrons. The minimum atomic E-state index is -0.0279. The third-order valence-corrected chi connectivity index (χ3v) is 9.49. The first-order chi connectivity index (χ1) is 18.2. The van der Waals surface area contributed by atoms with E-state index in [2.05, 4.69) is 55.9 Å². The van der Waals surface area contributed by atoms with Gasteiger partial charge < -0.3 is 14.0 Å². The summed E-state index contributed by atoms with van der Waals surface area (Å²) in [5, 5.41) is 1.99. The molecular formula is C32H45N3O3. The number of aromatic nitrogens is 1. The summed E-state index contributed by atoms with van der Waals surface area (Å²) in [5.74, 6) is 1.78. The summed E-state index contributed by atoms with van der Waals surface area (Å²) < 4.78 is 14.3. The van der Waals surface area contributed by atoms with Crippen molar-refractivity contribution in [2.75, 3.05) is 32.9 Å². The maximum atomic E-state index is 13.6. The molecule has 1 N–H and O–H groups in total. The zero-order valence-electron chi connectivity index (χ0n) is 23.8. The van der Waals surface area contributed by atoms with Crippen LogP contribution in [0.15, 0.2) is 18.2 Å². The van der Waals surface area contributed by atoms with Gasteiger partial charge in [0.2, 0.25) is 0 Å². The standard InChI is InChI=1S/C32H45N3O3/c1-22-25(30(36)33-34-13-16-37-17-14-34)20-28(35(22)21-23-8-6-5-7-9-23)24-18-26(31(2,3)4)29-27(19-24)32(10-11-32)12-15-38-29/h18-20,23H,5-17,21H2,1-4H3,(H,33,36). The minimum Gasteiger partial charge on any atom is -0.493 e. The van der Waals surface area contributed by atoms with E-state index >= 15 is 0 Å². The average molecular weight is 520 g/mol. The Balaban J connectivity index is 1.44. The van der Waals surface area contributed by atoms with Gasteiger partial charge in [-0.1, -0.05) is 40.0 Å². The van der Waals surface area contributed by atoms with Crippen molar-refractivity contribution in [1.82, 2.24) is 15.0 Å². The molecule has 38 heavy (non-hydrogen) atoms. The Morgan fingerprint density at radius 1 is 1.03 bits per heavy atom. The lowest BCUT2D eigenvalue weighted by Crippen LogP contribution is -2.48. The first-order valence-electron chi connectivity index (χ1n) is 14.9. The van der Waals surface area contributed by atoms with Gasteiger partial charge in [-0.15, -0.1) is 0 Å². The normalized spacial score (nSPS) is 21.7. The summed E-state index contributed by atoms with van der Waals surface area (Å²) in [4.78, 5) is 13.6. The Bertz CT molecular complexity index is 1170. The van der Waals surface area contributed by atoms with E-state index < -0.39 is 0 Å². The number of carbonyl (C=O) groups excluding carboxylic acids is 1. The van der Waals surface area contributed by atoms with E-state index in [1.54, 1.807) is 0 Å². The topological polar surface area (TPSA) is 55.7 Å². The van der Waals surface area contributed by atoms with Crippen molar-refractivity contribution in [1.29, 1.82) is 0 Å². The molecule has 3 heterocycles. The molecule has 1 saturated heterocycles. The van der Waals surface area contributed by atoms with E-state index in [1.165, 1.54) is 67.3 Å². The van der Waals surface area contributed by atoms with Gasteiger partial charge >= 0.3 is 0 Å². The first kappa shape index (κ1) is 25.9. The van der Waals surface area contributed by atoms with E-state index in [9.17, 15) is 4.79 Å². The molecule has 0 radical (unpaired) electrons. The number of hydrogen-bond acceptors (Lipinski definition) is 4. The number of nitrogens with one attached hydrogen (secondary N) is 1. The molecule has 6 nitrogen and oxygen atoms in total. The van der Waals surface area contributed by atoms with Crippen molar-refractivity contribution in [2.45, 2.75) is 96.4 Å². The monoisotopic (exact) mass is 519 g/mol. The number of nitrogens with zero attached hydrogens (tertiary/aromatic N) is 2. The Morgan fingerprint density at radius 2 is 1.76 bits per heavy atom. The highest BCUT2D eigenvalue weighted by Crippen LogP contribution is 2.58. The van der Waals surface area contributed by atoms with Crippen LogP contribution in [0, 0.1) is 12.8 Å². The number of hydrazine groups is 1. The average Bonchev–Trinajstić information content (AvgIpc) is 3.60. The Morgan fingerprint density at radius 3 is 2.45 bits per heavy atom. The largest absolute Gasteiger partial charge is 0.493 e. The van der Waals surface area contributed by atoms with Crippen molar-refractivity contribution in [3.8, 4) is 17.0 Å². The van der Waals surface area contributed by atoms with Crippen LogP contribution < -0.4 is 10.2 Å². The van der Waals surface area contributed by atoms with Gasteiger partial charge in [0.15, 0.2) is 0 Å². The highest BCUT2D eigenvalue weighted by Gasteiger charge is 2.49. The minimum absolute atomic E-state index is 0.0101. The summed E-state index contributed by atoms with van der Waals surface area (Å²) in [5.41, 5.74) is 10.4.